The van der Waals surface area contributed by atoms with E-state index in [4.69, 9.17) is 0 Å². The van der Waals surface area contributed by atoms with Crippen LogP contribution in [0, 0.1) is 11.5 Å². The molecule has 0 fully saturated rings. The van der Waals surface area contributed by atoms with Crippen LogP contribution in [-0.2, 0) is 26.2 Å². The summed E-state index contributed by atoms with van der Waals surface area (Å²) in [5.41, 5.74) is 1.84. The molecule has 0 aliphatic heterocycles. The van der Waals surface area contributed by atoms with Crippen molar-refractivity contribution in [2.45, 2.75) is 27.2 Å². The van der Waals surface area contributed by atoms with E-state index in [2.05, 4.69) is 32.9 Å². The summed E-state index contributed by atoms with van der Waals surface area (Å²) in [5, 5.41) is 0. The van der Waals surface area contributed by atoms with Gasteiger partial charge in [0.2, 0.25) is 0 Å². The van der Waals surface area contributed by atoms with Gasteiger partial charge in [0.05, 0.1) is 0 Å². The van der Waals surface area contributed by atoms with E-state index in [1.807, 2.05) is 6.08 Å². The molecule has 0 aromatic carbocycles. The predicted octanol–water partition coefficient (Wildman–Crippen LogP) is 2.72. The molecule has 0 unspecified atom stereocenters. The molecule has 0 atom stereocenters. The fraction of sp³-hybridized carbons (Fsp3) is 0.556. The predicted molar refractivity (Wildman–Crippen MR) is 40.0 cm³/mol. The van der Waals surface area contributed by atoms with Gasteiger partial charge < -0.3 is 0 Å². The Labute approximate surface area is 82.5 Å². The molecule has 0 aromatic heterocycles. The van der Waals surface area contributed by atoms with E-state index in [9.17, 15) is 0 Å². The van der Waals surface area contributed by atoms with E-state index in [-0.39, 0.29) is 26.2 Å². The molecule has 0 N–H and O–H groups in total. The monoisotopic (exact) mass is 211 g/mol. The molecule has 1 aliphatic rings. The maximum Gasteiger partial charge on any atom is 0 e. The largest absolute Gasteiger partial charge is 0.273 e. The Hall–Kier alpha value is 0.363. The van der Waals surface area contributed by atoms with Crippen LogP contribution in [-0.4, -0.2) is 0 Å². The van der Waals surface area contributed by atoms with Crippen LogP contribution in [0.1, 0.15) is 27.2 Å². The molecular formula is C9H13Zr-. The minimum atomic E-state index is 0. The fourth-order valence-corrected chi connectivity index (χ4v) is 0.902. The summed E-state index contributed by atoms with van der Waals surface area (Å²) in [6, 6.07) is 0. The van der Waals surface area contributed by atoms with Gasteiger partial charge in [0.1, 0.15) is 0 Å². The second-order valence-electron chi connectivity index (χ2n) is 3.49. The summed E-state index contributed by atoms with van der Waals surface area (Å²) in [7, 11) is 0. The van der Waals surface area contributed by atoms with Crippen molar-refractivity contribution in [3.05, 3.63) is 23.8 Å². The zero-order valence-corrected chi connectivity index (χ0v) is 9.32. The van der Waals surface area contributed by atoms with E-state index >= 15 is 0 Å². The number of rotatable bonds is 0. The Morgan fingerprint density at radius 3 is 2.20 bits per heavy atom. The molecule has 0 aromatic rings. The maximum absolute atomic E-state index is 3.16. The molecule has 0 bridgehead atoms. The van der Waals surface area contributed by atoms with E-state index in [0.29, 0.717) is 5.41 Å². The number of hydrogen-bond donors (Lipinski definition) is 0. The van der Waals surface area contributed by atoms with Crippen LogP contribution in [0.15, 0.2) is 17.7 Å². The van der Waals surface area contributed by atoms with Crippen molar-refractivity contribution in [1.82, 2.24) is 0 Å². The SMILES string of the molecule is CC(C)(C)C1=CC=[C-]C1.[Zr]. The fourth-order valence-electron chi connectivity index (χ4n) is 0.902. The number of hydrogen-bond acceptors (Lipinski definition) is 0. The first-order valence-electron chi connectivity index (χ1n) is 3.37. The molecule has 0 nitrogen and oxygen atoms in total. The smallest absolute Gasteiger partial charge is 0 e. The topological polar surface area (TPSA) is 0 Å². The minimum absolute atomic E-state index is 0. The molecule has 10 heavy (non-hydrogen) atoms. The molecule has 0 amide bonds. The van der Waals surface area contributed by atoms with Gasteiger partial charge in [-0.05, 0) is 5.41 Å². The van der Waals surface area contributed by atoms with Crippen LogP contribution in [0.5, 0.6) is 0 Å². The second kappa shape index (κ2) is 3.67. The van der Waals surface area contributed by atoms with E-state index < -0.39 is 0 Å². The Morgan fingerprint density at radius 2 is 2.00 bits per heavy atom. The van der Waals surface area contributed by atoms with E-state index in [1.54, 1.807) is 0 Å². The third-order valence-electron chi connectivity index (χ3n) is 1.66. The zero-order valence-electron chi connectivity index (χ0n) is 6.86. The molecular weight excluding hydrogens is 199 g/mol. The van der Waals surface area contributed by atoms with Crippen molar-refractivity contribution >= 4 is 0 Å². The van der Waals surface area contributed by atoms with Crippen molar-refractivity contribution in [3.8, 4) is 0 Å². The van der Waals surface area contributed by atoms with Crippen molar-refractivity contribution in [2.24, 2.45) is 5.41 Å². The van der Waals surface area contributed by atoms with Crippen LogP contribution in [0.3, 0.4) is 0 Å². The molecule has 1 rings (SSSR count). The van der Waals surface area contributed by atoms with Gasteiger partial charge in [-0.1, -0.05) is 20.8 Å². The van der Waals surface area contributed by atoms with Crippen LogP contribution in [0.2, 0.25) is 0 Å². The zero-order chi connectivity index (χ0) is 6.91. The molecule has 1 aliphatic carbocycles. The Morgan fingerprint density at radius 1 is 1.40 bits per heavy atom. The van der Waals surface area contributed by atoms with Crippen molar-refractivity contribution in [1.29, 1.82) is 0 Å². The standard InChI is InChI=1S/C9H13.Zr/c1-9(2,3)8-6-4-5-7-8;/h4,6H,7H2,1-3H3;/q-1;. The van der Waals surface area contributed by atoms with E-state index in [0.717, 1.165) is 6.42 Å². The first kappa shape index (κ1) is 10.4. The molecule has 0 radical (unpaired) electrons. The Balaban J connectivity index is 0.000000810. The van der Waals surface area contributed by atoms with Crippen LogP contribution >= 0.6 is 0 Å². The third kappa shape index (κ3) is 2.54. The van der Waals surface area contributed by atoms with E-state index in [1.165, 1.54) is 5.57 Å². The van der Waals surface area contributed by atoms with Gasteiger partial charge in [-0.25, -0.2) is 12.2 Å². The summed E-state index contributed by atoms with van der Waals surface area (Å²) >= 11 is 0. The summed E-state index contributed by atoms with van der Waals surface area (Å²) < 4.78 is 0. The van der Waals surface area contributed by atoms with Gasteiger partial charge in [0, 0.05) is 26.2 Å². The van der Waals surface area contributed by atoms with Crippen molar-refractivity contribution in [3.63, 3.8) is 0 Å². The molecule has 0 saturated heterocycles. The minimum Gasteiger partial charge on any atom is -0.273 e. The Kier molecular flexibility index (Phi) is 3.80. The molecule has 0 heterocycles. The summed E-state index contributed by atoms with van der Waals surface area (Å²) in [6.07, 6.45) is 8.37. The summed E-state index contributed by atoms with van der Waals surface area (Å²) in [6.45, 7) is 6.71. The van der Waals surface area contributed by atoms with Crippen LogP contribution < -0.4 is 0 Å². The van der Waals surface area contributed by atoms with Crippen LogP contribution in [0.4, 0.5) is 0 Å². The number of allylic oxidation sites excluding steroid dienone is 4. The normalized spacial score (nSPS) is 16.5. The average molecular weight is 212 g/mol. The first-order valence-corrected chi connectivity index (χ1v) is 3.37. The van der Waals surface area contributed by atoms with Crippen molar-refractivity contribution in [2.75, 3.05) is 0 Å². The van der Waals surface area contributed by atoms with Gasteiger partial charge in [0.15, 0.2) is 0 Å². The van der Waals surface area contributed by atoms with Gasteiger partial charge in [0.25, 0.3) is 0 Å². The molecule has 1 heteroatoms. The van der Waals surface area contributed by atoms with Gasteiger partial charge in [-0.3, -0.25) is 6.08 Å². The van der Waals surface area contributed by atoms with Gasteiger partial charge >= 0.3 is 0 Å². The molecule has 0 spiro atoms. The van der Waals surface area contributed by atoms with Crippen molar-refractivity contribution < 1.29 is 26.2 Å². The quantitative estimate of drug-likeness (QED) is 0.542. The summed E-state index contributed by atoms with van der Waals surface area (Å²) in [4.78, 5) is 0. The van der Waals surface area contributed by atoms with Gasteiger partial charge in [-0.15, -0.1) is 6.42 Å². The molecule has 0 saturated carbocycles. The third-order valence-corrected chi connectivity index (χ3v) is 1.66. The first-order chi connectivity index (χ1) is 4.11. The molecule has 54 valence electrons. The van der Waals surface area contributed by atoms with Crippen LogP contribution in [0.25, 0.3) is 0 Å². The average Bonchev–Trinajstić information content (AvgIpc) is 2.08. The maximum atomic E-state index is 3.16. The second-order valence-corrected chi connectivity index (χ2v) is 3.49. The van der Waals surface area contributed by atoms with Gasteiger partial charge in [-0.2, -0.15) is 5.57 Å². The summed E-state index contributed by atoms with van der Waals surface area (Å²) in [5.74, 6) is 0. The Bertz CT molecular complexity index is 158.